The van der Waals surface area contributed by atoms with Crippen LogP contribution in [0.5, 0.6) is 5.75 Å². The number of benzene rings is 3. The van der Waals surface area contributed by atoms with Gasteiger partial charge in [-0.25, -0.2) is 0 Å². The Hall–Kier alpha value is -4.46. The minimum Gasteiger partial charge on any atom is -0.497 e. The molecule has 2 heterocycles. The third-order valence-corrected chi connectivity index (χ3v) is 5.98. The molecule has 1 aromatic heterocycles. The van der Waals surface area contributed by atoms with Gasteiger partial charge in [-0.05, 0) is 54.1 Å². The molecular formula is C27H24N4O4. The van der Waals surface area contributed by atoms with E-state index in [1.54, 1.807) is 24.1 Å². The van der Waals surface area contributed by atoms with Gasteiger partial charge < -0.3 is 19.5 Å². The summed E-state index contributed by atoms with van der Waals surface area (Å²) in [5.41, 5.74) is 3.24. The Kier molecular flexibility index (Phi) is 6.26. The average Bonchev–Trinajstić information content (AvgIpc) is 3.53. The van der Waals surface area contributed by atoms with Gasteiger partial charge in [-0.2, -0.15) is 4.98 Å². The molecule has 35 heavy (non-hydrogen) atoms. The molecule has 5 rings (SSSR count). The predicted molar refractivity (Wildman–Crippen MR) is 130 cm³/mol. The summed E-state index contributed by atoms with van der Waals surface area (Å²) in [7, 11) is 1.61. The summed E-state index contributed by atoms with van der Waals surface area (Å²) in [4.78, 5) is 31.4. The molecule has 0 bridgehead atoms. The Balaban J connectivity index is 1.20. The van der Waals surface area contributed by atoms with Gasteiger partial charge in [-0.1, -0.05) is 35.5 Å². The van der Waals surface area contributed by atoms with Gasteiger partial charge in [0.2, 0.25) is 17.6 Å². The topological polar surface area (TPSA) is 97.6 Å². The van der Waals surface area contributed by atoms with Crippen LogP contribution in [0.4, 0.5) is 5.69 Å². The lowest BCUT2D eigenvalue weighted by Crippen LogP contribution is -2.28. The van der Waals surface area contributed by atoms with Gasteiger partial charge >= 0.3 is 0 Å². The van der Waals surface area contributed by atoms with Crippen molar-refractivity contribution < 1.29 is 18.8 Å². The summed E-state index contributed by atoms with van der Waals surface area (Å²) in [6, 6.07) is 24.4. The molecule has 0 saturated carbocycles. The molecule has 1 atom stereocenters. The monoisotopic (exact) mass is 468 g/mol. The molecule has 8 heteroatoms. The second-order valence-electron chi connectivity index (χ2n) is 8.38. The van der Waals surface area contributed by atoms with Crippen LogP contribution in [0.3, 0.4) is 0 Å². The summed E-state index contributed by atoms with van der Waals surface area (Å²) in [6.07, 6.45) is 0.215. The number of ether oxygens (including phenoxy) is 1. The Morgan fingerprint density at radius 2 is 1.74 bits per heavy atom. The molecule has 176 valence electrons. The van der Waals surface area contributed by atoms with Crippen molar-refractivity contribution in [3.05, 3.63) is 84.4 Å². The number of rotatable bonds is 7. The minimum atomic E-state index is -0.381. The number of nitrogens with one attached hydrogen (secondary N) is 1. The van der Waals surface area contributed by atoms with Crippen molar-refractivity contribution in [2.45, 2.75) is 13.0 Å². The van der Waals surface area contributed by atoms with Crippen LogP contribution in [0.1, 0.15) is 12.0 Å². The number of amides is 2. The van der Waals surface area contributed by atoms with E-state index in [0.29, 0.717) is 30.5 Å². The molecule has 8 nitrogen and oxygen atoms in total. The zero-order valence-corrected chi connectivity index (χ0v) is 19.2. The number of methoxy groups -OCH3 is 1. The second-order valence-corrected chi connectivity index (χ2v) is 8.38. The van der Waals surface area contributed by atoms with Crippen molar-refractivity contribution in [1.29, 1.82) is 0 Å². The number of likely N-dealkylation sites (tertiary alicyclic amines) is 1. The van der Waals surface area contributed by atoms with E-state index in [4.69, 9.17) is 9.26 Å². The molecule has 1 N–H and O–H groups in total. The molecule has 1 fully saturated rings. The molecule has 1 aliphatic rings. The van der Waals surface area contributed by atoms with Crippen LogP contribution in [-0.4, -0.2) is 40.5 Å². The normalized spacial score (nSPS) is 15.3. The van der Waals surface area contributed by atoms with E-state index in [9.17, 15) is 9.59 Å². The summed E-state index contributed by atoms with van der Waals surface area (Å²) in [5, 5.41) is 6.97. The van der Waals surface area contributed by atoms with Gasteiger partial charge in [-0.3, -0.25) is 9.59 Å². The first-order valence-corrected chi connectivity index (χ1v) is 11.3. The predicted octanol–water partition coefficient (Wildman–Crippen LogP) is 4.40. The lowest BCUT2D eigenvalue weighted by atomic mass is 10.1. The highest BCUT2D eigenvalue weighted by molar-refractivity contribution is 5.97. The first kappa shape index (κ1) is 22.3. The molecule has 3 aromatic carbocycles. The molecule has 4 aromatic rings. The van der Waals surface area contributed by atoms with Crippen molar-refractivity contribution in [2.24, 2.45) is 5.92 Å². The fourth-order valence-corrected chi connectivity index (χ4v) is 4.04. The quantitative estimate of drug-likeness (QED) is 0.432. The first-order chi connectivity index (χ1) is 17.1. The van der Waals surface area contributed by atoms with Gasteiger partial charge in [0.05, 0.1) is 13.0 Å². The van der Waals surface area contributed by atoms with Crippen LogP contribution in [0.2, 0.25) is 0 Å². The van der Waals surface area contributed by atoms with Crippen molar-refractivity contribution in [3.63, 3.8) is 0 Å². The number of hydrogen-bond donors (Lipinski definition) is 1. The zero-order valence-electron chi connectivity index (χ0n) is 19.2. The molecule has 1 saturated heterocycles. The first-order valence-electron chi connectivity index (χ1n) is 11.3. The van der Waals surface area contributed by atoms with Crippen molar-refractivity contribution >= 4 is 17.5 Å². The minimum absolute atomic E-state index is 0.00610. The number of nitrogens with zero attached hydrogens (tertiary/aromatic N) is 3. The maximum absolute atomic E-state index is 12.8. The third-order valence-electron chi connectivity index (χ3n) is 5.98. The molecule has 2 amide bonds. The Labute approximate surface area is 202 Å². The fraction of sp³-hybridized carbons (Fsp3) is 0.185. The molecule has 0 radical (unpaired) electrons. The van der Waals surface area contributed by atoms with Crippen molar-refractivity contribution in [2.75, 3.05) is 19.0 Å². The van der Waals surface area contributed by atoms with Gasteiger partial charge in [0, 0.05) is 36.3 Å². The number of carbonyl (C=O) groups excluding carboxylic acids is 2. The largest absolute Gasteiger partial charge is 0.497 e. The highest BCUT2D eigenvalue weighted by Gasteiger charge is 2.34. The summed E-state index contributed by atoms with van der Waals surface area (Å²) in [5.74, 6) is 1.06. The summed E-state index contributed by atoms with van der Waals surface area (Å²) < 4.78 is 10.6. The zero-order chi connectivity index (χ0) is 24.2. The van der Waals surface area contributed by atoms with E-state index in [0.717, 1.165) is 22.4 Å². The molecule has 1 aliphatic heterocycles. The smallest absolute Gasteiger partial charge is 0.258 e. The standard InChI is InChI=1S/C27H24N4O4/c1-34-23-13-9-19(10-14-23)25-29-27(35-30-25)20-7-11-22(12-8-20)28-26(33)21-15-24(32)31(17-21)16-18-5-3-2-4-6-18/h2-14,21H,15-17H2,1H3,(H,28,33)/t21-/m0/s1. The van der Waals surface area contributed by atoms with Crippen molar-refractivity contribution in [1.82, 2.24) is 15.0 Å². The molecule has 0 unspecified atom stereocenters. The van der Waals surface area contributed by atoms with Gasteiger partial charge in [0.15, 0.2) is 0 Å². The van der Waals surface area contributed by atoms with Gasteiger partial charge in [0.1, 0.15) is 5.75 Å². The van der Waals surface area contributed by atoms with Crippen LogP contribution < -0.4 is 10.1 Å². The number of anilines is 1. The summed E-state index contributed by atoms with van der Waals surface area (Å²) in [6.45, 7) is 0.925. The third kappa shape index (κ3) is 5.06. The van der Waals surface area contributed by atoms with E-state index in [1.807, 2.05) is 66.7 Å². The van der Waals surface area contributed by atoms with E-state index in [-0.39, 0.29) is 24.2 Å². The van der Waals surface area contributed by atoms with Crippen LogP contribution in [0, 0.1) is 5.92 Å². The average molecular weight is 469 g/mol. The number of carbonyl (C=O) groups is 2. The van der Waals surface area contributed by atoms with Crippen molar-refractivity contribution in [3.8, 4) is 28.6 Å². The maximum atomic E-state index is 12.8. The van der Waals surface area contributed by atoms with E-state index < -0.39 is 0 Å². The number of hydrogen-bond acceptors (Lipinski definition) is 6. The van der Waals surface area contributed by atoms with E-state index >= 15 is 0 Å². The summed E-state index contributed by atoms with van der Waals surface area (Å²) >= 11 is 0. The Morgan fingerprint density at radius 1 is 1.03 bits per heavy atom. The Morgan fingerprint density at radius 3 is 2.46 bits per heavy atom. The lowest BCUT2D eigenvalue weighted by molar-refractivity contribution is -0.128. The SMILES string of the molecule is COc1ccc(-c2noc(-c3ccc(NC(=O)[C@H]4CC(=O)N(Cc5ccccc5)C4)cc3)n2)cc1. The molecule has 0 spiro atoms. The molecule has 0 aliphatic carbocycles. The van der Waals surface area contributed by atoms with Crippen LogP contribution in [0.25, 0.3) is 22.8 Å². The highest BCUT2D eigenvalue weighted by atomic mass is 16.5. The van der Waals surface area contributed by atoms with E-state index in [1.165, 1.54) is 0 Å². The maximum Gasteiger partial charge on any atom is 0.258 e. The molecular weight excluding hydrogens is 444 g/mol. The van der Waals surface area contributed by atoms with E-state index in [2.05, 4.69) is 15.5 Å². The number of aromatic nitrogens is 2. The van der Waals surface area contributed by atoms with Crippen LogP contribution in [0.15, 0.2) is 83.4 Å². The van der Waals surface area contributed by atoms with Gasteiger partial charge in [0.25, 0.3) is 5.89 Å². The second kappa shape index (κ2) is 9.80. The van der Waals surface area contributed by atoms with Crippen LogP contribution >= 0.6 is 0 Å². The van der Waals surface area contributed by atoms with Crippen LogP contribution in [-0.2, 0) is 16.1 Å². The highest BCUT2D eigenvalue weighted by Crippen LogP contribution is 2.26. The fourth-order valence-electron chi connectivity index (χ4n) is 4.04. The lowest BCUT2D eigenvalue weighted by Gasteiger charge is -2.16. The Bertz CT molecular complexity index is 1320. The van der Waals surface area contributed by atoms with Gasteiger partial charge in [-0.15, -0.1) is 0 Å².